The maximum Gasteiger partial charge on any atom is 0.410 e. The molecule has 1 unspecified atom stereocenters. The van der Waals surface area contributed by atoms with E-state index < -0.39 is 5.60 Å². The predicted molar refractivity (Wildman–Crippen MR) is 108 cm³/mol. The first kappa shape index (κ1) is 21.3. The van der Waals surface area contributed by atoms with Gasteiger partial charge in [-0.05, 0) is 58.3 Å². The largest absolute Gasteiger partial charge is 0.444 e. The van der Waals surface area contributed by atoms with Gasteiger partial charge >= 0.3 is 6.09 Å². The number of hydrogen-bond acceptors (Lipinski definition) is 3. The van der Waals surface area contributed by atoms with Crippen molar-refractivity contribution in [2.75, 3.05) is 26.2 Å². The van der Waals surface area contributed by atoms with E-state index in [9.17, 15) is 4.79 Å². The van der Waals surface area contributed by atoms with Gasteiger partial charge in [0.15, 0.2) is 5.96 Å². The smallest absolute Gasteiger partial charge is 0.410 e. The van der Waals surface area contributed by atoms with Crippen molar-refractivity contribution in [2.24, 2.45) is 22.6 Å². The number of hydrogen-bond donors (Lipinski definition) is 2. The van der Waals surface area contributed by atoms with Gasteiger partial charge in [0.25, 0.3) is 0 Å². The number of nitrogens with zero attached hydrogens (tertiary/aromatic N) is 2. The number of halogens is 1. The van der Waals surface area contributed by atoms with Gasteiger partial charge < -0.3 is 20.7 Å². The number of piperidine rings is 1. The standard InChI is InChI=1S/C17H32N4O2.HI/c1-17(2,3)23-16(22)21-9-5-8-14(12-21)11-20-15(18)19-10-13-6-4-7-13;/h13-14H,4-12H2,1-3H3,(H3,18,19,20);1H. The van der Waals surface area contributed by atoms with Gasteiger partial charge in [-0.15, -0.1) is 24.0 Å². The number of amides is 1. The highest BCUT2D eigenvalue weighted by Gasteiger charge is 2.27. The molecule has 0 bridgehead atoms. The summed E-state index contributed by atoms with van der Waals surface area (Å²) in [5.74, 6) is 1.66. The summed E-state index contributed by atoms with van der Waals surface area (Å²) in [6.45, 7) is 8.76. The summed E-state index contributed by atoms with van der Waals surface area (Å²) in [7, 11) is 0. The first-order chi connectivity index (χ1) is 10.8. The van der Waals surface area contributed by atoms with E-state index in [4.69, 9.17) is 10.5 Å². The molecule has 140 valence electrons. The van der Waals surface area contributed by atoms with E-state index in [0.717, 1.165) is 31.8 Å². The minimum atomic E-state index is -0.446. The Morgan fingerprint density at radius 3 is 2.50 bits per heavy atom. The van der Waals surface area contributed by atoms with Gasteiger partial charge in [-0.3, -0.25) is 4.99 Å². The van der Waals surface area contributed by atoms with Crippen molar-refractivity contribution >= 4 is 36.0 Å². The van der Waals surface area contributed by atoms with E-state index in [-0.39, 0.29) is 30.1 Å². The highest BCUT2D eigenvalue weighted by molar-refractivity contribution is 14.0. The minimum Gasteiger partial charge on any atom is -0.444 e. The van der Waals surface area contributed by atoms with Gasteiger partial charge in [0, 0.05) is 26.2 Å². The molecular weight excluding hydrogens is 419 g/mol. The fraction of sp³-hybridized carbons (Fsp3) is 0.882. The zero-order valence-corrected chi connectivity index (χ0v) is 17.5. The van der Waals surface area contributed by atoms with E-state index in [2.05, 4.69) is 10.3 Å². The molecule has 2 rings (SSSR count). The van der Waals surface area contributed by atoms with Gasteiger partial charge in [0.2, 0.25) is 0 Å². The van der Waals surface area contributed by atoms with E-state index >= 15 is 0 Å². The van der Waals surface area contributed by atoms with E-state index in [0.29, 0.717) is 25.0 Å². The summed E-state index contributed by atoms with van der Waals surface area (Å²) in [4.78, 5) is 18.4. The molecule has 0 radical (unpaired) electrons. The number of aliphatic imine (C=N–C) groups is 1. The summed E-state index contributed by atoms with van der Waals surface area (Å²) < 4.78 is 5.45. The maximum absolute atomic E-state index is 12.1. The molecule has 1 aliphatic heterocycles. The summed E-state index contributed by atoms with van der Waals surface area (Å²) in [6.07, 6.45) is 5.79. The lowest BCUT2D eigenvalue weighted by Crippen LogP contribution is -2.44. The van der Waals surface area contributed by atoms with E-state index in [1.54, 1.807) is 4.90 Å². The Kier molecular flexibility index (Phi) is 8.59. The summed E-state index contributed by atoms with van der Waals surface area (Å²) in [5.41, 5.74) is 5.48. The summed E-state index contributed by atoms with van der Waals surface area (Å²) in [6, 6.07) is 0. The molecule has 0 aromatic heterocycles. The van der Waals surface area contributed by atoms with Crippen LogP contribution in [0.15, 0.2) is 4.99 Å². The molecule has 2 fully saturated rings. The minimum absolute atomic E-state index is 0. The fourth-order valence-corrected chi connectivity index (χ4v) is 2.94. The molecule has 24 heavy (non-hydrogen) atoms. The van der Waals surface area contributed by atoms with Crippen molar-refractivity contribution < 1.29 is 9.53 Å². The average molecular weight is 452 g/mol. The zero-order chi connectivity index (χ0) is 16.9. The summed E-state index contributed by atoms with van der Waals surface area (Å²) in [5, 5.41) is 3.21. The van der Waals surface area contributed by atoms with Crippen LogP contribution in [-0.4, -0.2) is 48.7 Å². The Morgan fingerprint density at radius 2 is 1.92 bits per heavy atom. The van der Waals surface area contributed by atoms with Crippen molar-refractivity contribution in [1.82, 2.24) is 10.2 Å². The number of guanidine groups is 1. The fourth-order valence-electron chi connectivity index (χ4n) is 2.94. The van der Waals surface area contributed by atoms with E-state index in [1.165, 1.54) is 19.3 Å². The van der Waals surface area contributed by atoms with Crippen LogP contribution in [0.1, 0.15) is 52.9 Å². The van der Waals surface area contributed by atoms with Crippen LogP contribution in [0.3, 0.4) is 0 Å². The van der Waals surface area contributed by atoms with Crippen molar-refractivity contribution in [3.05, 3.63) is 0 Å². The van der Waals surface area contributed by atoms with Gasteiger partial charge in [-0.25, -0.2) is 4.79 Å². The molecule has 0 aromatic rings. The number of rotatable bonds is 4. The number of ether oxygens (including phenoxy) is 1. The maximum atomic E-state index is 12.1. The van der Waals surface area contributed by atoms with Gasteiger partial charge in [-0.1, -0.05) is 6.42 Å². The quantitative estimate of drug-likeness (QED) is 0.391. The predicted octanol–water partition coefficient (Wildman–Crippen LogP) is 2.96. The lowest BCUT2D eigenvalue weighted by Gasteiger charge is -2.33. The Balaban J connectivity index is 0.00000288. The number of carbonyl (C=O) groups excluding carboxylic acids is 1. The molecule has 1 heterocycles. The molecule has 3 N–H and O–H groups in total. The molecule has 1 saturated carbocycles. The Bertz CT molecular complexity index is 433. The van der Waals surface area contributed by atoms with Crippen molar-refractivity contribution in [3.63, 3.8) is 0 Å². The van der Waals surface area contributed by atoms with Crippen molar-refractivity contribution in [3.8, 4) is 0 Å². The normalized spacial score (nSPS) is 22.4. The second-order valence-electron chi connectivity index (χ2n) is 7.84. The molecule has 1 amide bonds. The molecule has 7 heteroatoms. The molecule has 0 spiro atoms. The van der Waals surface area contributed by atoms with Crippen molar-refractivity contribution in [2.45, 2.75) is 58.5 Å². The van der Waals surface area contributed by atoms with Gasteiger partial charge in [-0.2, -0.15) is 0 Å². The Morgan fingerprint density at radius 1 is 1.25 bits per heavy atom. The van der Waals surface area contributed by atoms with E-state index in [1.807, 2.05) is 20.8 Å². The second-order valence-corrected chi connectivity index (χ2v) is 7.84. The number of nitrogens with one attached hydrogen (secondary N) is 1. The highest BCUT2D eigenvalue weighted by atomic mass is 127. The Hall–Kier alpha value is -0.730. The number of nitrogens with two attached hydrogens (primary N) is 1. The molecule has 1 atom stereocenters. The highest BCUT2D eigenvalue weighted by Crippen LogP contribution is 2.25. The van der Waals surface area contributed by atoms with Crippen molar-refractivity contribution in [1.29, 1.82) is 0 Å². The molecular formula is C17H33IN4O2. The molecule has 2 aliphatic rings. The van der Waals surface area contributed by atoms with Crippen LogP contribution < -0.4 is 11.1 Å². The van der Waals surface area contributed by atoms with Crippen LogP contribution in [-0.2, 0) is 4.74 Å². The third-order valence-corrected chi connectivity index (χ3v) is 4.49. The third-order valence-electron chi connectivity index (χ3n) is 4.49. The topological polar surface area (TPSA) is 80.0 Å². The molecule has 1 aliphatic carbocycles. The lowest BCUT2D eigenvalue weighted by atomic mass is 9.85. The van der Waals surface area contributed by atoms with Crippen LogP contribution in [0.25, 0.3) is 0 Å². The monoisotopic (exact) mass is 452 g/mol. The third kappa shape index (κ3) is 7.44. The summed E-state index contributed by atoms with van der Waals surface area (Å²) >= 11 is 0. The van der Waals surface area contributed by atoms with Crippen LogP contribution in [0, 0.1) is 11.8 Å². The average Bonchev–Trinajstić information content (AvgIpc) is 2.42. The van der Waals surface area contributed by atoms with Crippen LogP contribution >= 0.6 is 24.0 Å². The SMILES string of the molecule is CC(C)(C)OC(=O)N1CCCC(CN=C(N)NCC2CCC2)C1.I. The first-order valence-electron chi connectivity index (χ1n) is 8.85. The number of carbonyl (C=O) groups is 1. The second kappa shape index (κ2) is 9.68. The van der Waals surface area contributed by atoms with Crippen LogP contribution in [0.5, 0.6) is 0 Å². The molecule has 6 nitrogen and oxygen atoms in total. The van der Waals surface area contributed by atoms with Gasteiger partial charge in [0.1, 0.15) is 5.60 Å². The number of likely N-dealkylation sites (tertiary alicyclic amines) is 1. The Labute approximate surface area is 163 Å². The molecule has 1 saturated heterocycles. The first-order valence-corrected chi connectivity index (χ1v) is 8.85. The van der Waals surface area contributed by atoms with Gasteiger partial charge in [0.05, 0.1) is 0 Å². The van der Waals surface area contributed by atoms with Crippen LogP contribution in [0.4, 0.5) is 4.79 Å². The zero-order valence-electron chi connectivity index (χ0n) is 15.2. The molecule has 0 aromatic carbocycles. The van der Waals surface area contributed by atoms with Crippen LogP contribution in [0.2, 0.25) is 0 Å². The lowest BCUT2D eigenvalue weighted by molar-refractivity contribution is 0.0171.